The molecule has 0 radical (unpaired) electrons. The van der Waals surface area contributed by atoms with E-state index in [0.29, 0.717) is 51.4 Å². The maximum absolute atomic E-state index is 13.7. The number of aromatic nitrogens is 1. The quantitative estimate of drug-likeness (QED) is 0.502. The molecule has 2 saturated carbocycles. The third-order valence-electron chi connectivity index (χ3n) is 9.71. The molecule has 5 atom stereocenters. The van der Waals surface area contributed by atoms with Gasteiger partial charge in [-0.15, -0.1) is 0 Å². The lowest BCUT2D eigenvalue weighted by molar-refractivity contribution is -0.112. The Kier molecular flexibility index (Phi) is 6.12. The SMILES string of the molecule is O=C(NC1CC2CCC(C1)N2S(=O)(=O)N1C[C@H]2C[C@@H](C1)C2NCC1CC(F)(F)C1)c1cc(C2COC2)on1. The Bertz CT molecular complexity index is 1160. The first-order chi connectivity index (χ1) is 18.2. The predicted molar refractivity (Wildman–Crippen MR) is 131 cm³/mol. The van der Waals surface area contributed by atoms with Crippen LogP contribution >= 0.6 is 0 Å². The van der Waals surface area contributed by atoms with E-state index in [-0.39, 0.29) is 72.3 Å². The highest BCUT2D eigenvalue weighted by Crippen LogP contribution is 2.46. The first-order valence-corrected chi connectivity index (χ1v) is 15.3. The number of carbonyl (C=O) groups is 1. The molecule has 7 fully saturated rings. The summed E-state index contributed by atoms with van der Waals surface area (Å²) in [6.07, 6.45) is 3.66. The smallest absolute Gasteiger partial charge is 0.282 e. The topological polar surface area (TPSA) is 117 Å². The number of halogens is 2. The molecule has 1 aromatic rings. The first-order valence-electron chi connectivity index (χ1n) is 13.9. The number of rotatable bonds is 8. The van der Waals surface area contributed by atoms with E-state index in [9.17, 15) is 22.0 Å². The maximum atomic E-state index is 13.7. The number of fused-ring (bicyclic) bond motifs is 4. The molecule has 8 rings (SSSR count). The minimum atomic E-state index is -3.61. The van der Waals surface area contributed by atoms with Gasteiger partial charge in [0.05, 0.1) is 19.1 Å². The van der Waals surface area contributed by atoms with Crippen molar-refractivity contribution in [2.75, 3.05) is 32.8 Å². The van der Waals surface area contributed by atoms with Crippen molar-refractivity contribution in [1.29, 1.82) is 0 Å². The minimum Gasteiger partial charge on any atom is -0.380 e. The zero-order valence-corrected chi connectivity index (χ0v) is 22.0. The lowest BCUT2D eigenvalue weighted by atomic mass is 9.66. The third-order valence-corrected chi connectivity index (χ3v) is 11.8. The van der Waals surface area contributed by atoms with Crippen LogP contribution in [-0.4, -0.2) is 91.0 Å². The zero-order valence-electron chi connectivity index (χ0n) is 21.2. The lowest BCUT2D eigenvalue weighted by Gasteiger charge is -2.55. The third kappa shape index (κ3) is 4.38. The fourth-order valence-electron chi connectivity index (χ4n) is 7.61. The Morgan fingerprint density at radius 1 is 1.11 bits per heavy atom. The summed E-state index contributed by atoms with van der Waals surface area (Å²) in [7, 11) is -3.61. The van der Waals surface area contributed by atoms with Crippen molar-refractivity contribution in [1.82, 2.24) is 24.4 Å². The average molecular weight is 556 g/mol. The standard InChI is InChI=1S/C25H35F2N5O5S/c26-25(27)7-14(8-25)9-28-23-15-3-16(23)11-31(10-15)38(34,35)32-19-1-2-20(32)5-18(4-19)29-24(33)21-6-22(37-30-21)17-12-36-13-17/h6,14-20,23,28H,1-5,7-13H2,(H,29,33)/t15-,16+,18?,19?,20?,23?. The molecule has 6 heterocycles. The summed E-state index contributed by atoms with van der Waals surface area (Å²) in [5.74, 6) is -1.50. The summed E-state index contributed by atoms with van der Waals surface area (Å²) in [6.45, 7) is 2.70. The molecule has 210 valence electrons. The molecule has 5 aliphatic heterocycles. The molecule has 1 aromatic heterocycles. The number of nitrogens with one attached hydrogen (secondary N) is 2. The normalized spacial score (nSPS) is 37.3. The summed E-state index contributed by atoms with van der Waals surface area (Å²) < 4.78 is 67.6. The first kappa shape index (κ1) is 25.3. The number of alkyl halides is 2. The van der Waals surface area contributed by atoms with Crippen LogP contribution in [0.2, 0.25) is 0 Å². The van der Waals surface area contributed by atoms with Crippen LogP contribution in [0.25, 0.3) is 0 Å². The summed E-state index contributed by atoms with van der Waals surface area (Å²) in [5, 5.41) is 10.4. The fourth-order valence-corrected chi connectivity index (χ4v) is 9.77. The van der Waals surface area contributed by atoms with Crippen molar-refractivity contribution in [3.05, 3.63) is 17.5 Å². The monoisotopic (exact) mass is 555 g/mol. The Morgan fingerprint density at radius 3 is 2.39 bits per heavy atom. The van der Waals surface area contributed by atoms with Gasteiger partial charge in [-0.3, -0.25) is 4.79 Å². The lowest BCUT2D eigenvalue weighted by Crippen LogP contribution is -2.67. The van der Waals surface area contributed by atoms with Gasteiger partial charge in [0.1, 0.15) is 5.76 Å². The second-order valence-electron chi connectivity index (χ2n) is 12.4. The van der Waals surface area contributed by atoms with E-state index in [2.05, 4.69) is 15.8 Å². The summed E-state index contributed by atoms with van der Waals surface area (Å²) in [4.78, 5) is 12.8. The molecular formula is C25H35F2N5O5S. The maximum Gasteiger partial charge on any atom is 0.282 e. The molecular weight excluding hydrogens is 520 g/mol. The minimum absolute atomic E-state index is 0.0206. The van der Waals surface area contributed by atoms with Crippen molar-refractivity contribution >= 4 is 16.1 Å². The van der Waals surface area contributed by atoms with Crippen molar-refractivity contribution in [3.63, 3.8) is 0 Å². The number of hydrogen-bond donors (Lipinski definition) is 2. The Hall–Kier alpha value is -1.67. The van der Waals surface area contributed by atoms with Gasteiger partial charge in [0, 0.05) is 56.2 Å². The summed E-state index contributed by atoms with van der Waals surface area (Å²) in [5.41, 5.74) is 0.246. The molecule has 1 amide bonds. The van der Waals surface area contributed by atoms with Gasteiger partial charge < -0.3 is 19.9 Å². The number of piperidine rings is 3. The molecule has 3 unspecified atom stereocenters. The molecule has 10 nitrogen and oxygen atoms in total. The van der Waals surface area contributed by atoms with Gasteiger partial charge in [0.25, 0.3) is 16.1 Å². The number of carbonyl (C=O) groups excluding carboxylic acids is 1. The highest BCUT2D eigenvalue weighted by atomic mass is 32.2. The van der Waals surface area contributed by atoms with Crippen LogP contribution in [0.5, 0.6) is 0 Å². The predicted octanol–water partition coefficient (Wildman–Crippen LogP) is 1.71. The summed E-state index contributed by atoms with van der Waals surface area (Å²) in [6, 6.07) is 1.53. The van der Waals surface area contributed by atoms with Gasteiger partial charge in [-0.1, -0.05) is 5.16 Å². The molecule has 2 aliphatic carbocycles. The van der Waals surface area contributed by atoms with E-state index in [1.54, 1.807) is 14.7 Å². The van der Waals surface area contributed by atoms with Crippen molar-refractivity contribution < 1.29 is 31.3 Å². The van der Waals surface area contributed by atoms with Crippen LogP contribution in [0.3, 0.4) is 0 Å². The van der Waals surface area contributed by atoms with Crippen LogP contribution in [0.1, 0.15) is 67.1 Å². The Balaban J connectivity index is 0.932. The largest absolute Gasteiger partial charge is 0.380 e. The highest BCUT2D eigenvalue weighted by molar-refractivity contribution is 7.86. The number of hydrogen-bond acceptors (Lipinski definition) is 7. The molecule has 38 heavy (non-hydrogen) atoms. The molecule has 5 saturated heterocycles. The van der Waals surface area contributed by atoms with Gasteiger partial charge in [0.2, 0.25) is 5.92 Å². The molecule has 0 spiro atoms. The van der Waals surface area contributed by atoms with Crippen molar-refractivity contribution in [2.24, 2.45) is 17.8 Å². The van der Waals surface area contributed by atoms with Crippen LogP contribution in [0, 0.1) is 17.8 Å². The van der Waals surface area contributed by atoms with Crippen LogP contribution in [0.4, 0.5) is 8.78 Å². The molecule has 4 bridgehead atoms. The number of ether oxygens (including phenoxy) is 1. The second-order valence-corrected chi connectivity index (χ2v) is 14.2. The summed E-state index contributed by atoms with van der Waals surface area (Å²) >= 11 is 0. The van der Waals surface area contributed by atoms with Gasteiger partial charge in [-0.2, -0.15) is 17.0 Å². The van der Waals surface area contributed by atoms with Gasteiger partial charge in [-0.05, 0) is 56.4 Å². The molecule has 13 heteroatoms. The Morgan fingerprint density at radius 2 is 1.79 bits per heavy atom. The van der Waals surface area contributed by atoms with E-state index in [1.165, 1.54) is 0 Å². The number of nitrogens with zero attached hydrogens (tertiary/aromatic N) is 3. The van der Waals surface area contributed by atoms with Gasteiger partial charge in [0.15, 0.2) is 5.69 Å². The molecule has 0 aromatic carbocycles. The van der Waals surface area contributed by atoms with Gasteiger partial charge in [-0.25, -0.2) is 8.78 Å². The second kappa shape index (κ2) is 9.18. The van der Waals surface area contributed by atoms with Crippen LogP contribution in [-0.2, 0) is 14.9 Å². The van der Waals surface area contributed by atoms with Crippen LogP contribution in [0.15, 0.2) is 10.6 Å². The van der Waals surface area contributed by atoms with Crippen molar-refractivity contribution in [2.45, 2.75) is 81.0 Å². The fraction of sp³-hybridized carbons (Fsp3) is 0.840. The average Bonchev–Trinajstić information content (AvgIpc) is 3.40. The van der Waals surface area contributed by atoms with E-state index < -0.39 is 16.1 Å². The van der Waals surface area contributed by atoms with E-state index in [0.717, 1.165) is 19.3 Å². The highest BCUT2D eigenvalue weighted by Gasteiger charge is 2.55. The van der Waals surface area contributed by atoms with E-state index in [4.69, 9.17) is 9.26 Å². The van der Waals surface area contributed by atoms with Gasteiger partial charge >= 0.3 is 0 Å². The van der Waals surface area contributed by atoms with Crippen LogP contribution < -0.4 is 10.6 Å². The zero-order chi connectivity index (χ0) is 26.2. The molecule has 2 N–H and O–H groups in total. The van der Waals surface area contributed by atoms with E-state index >= 15 is 0 Å². The van der Waals surface area contributed by atoms with E-state index in [1.807, 2.05) is 0 Å². The van der Waals surface area contributed by atoms with Crippen molar-refractivity contribution in [3.8, 4) is 0 Å². The number of amides is 1. The molecule has 7 aliphatic rings. The Labute approximate surface area is 221 Å².